The molecule has 88 valence electrons. The van der Waals surface area contributed by atoms with Crippen molar-refractivity contribution in [3.8, 4) is 0 Å². The van der Waals surface area contributed by atoms with Crippen molar-refractivity contribution >= 4 is 5.84 Å². The van der Waals surface area contributed by atoms with Crippen molar-refractivity contribution in [1.29, 1.82) is 5.41 Å². The average Bonchev–Trinajstić information content (AvgIpc) is 2.84. The van der Waals surface area contributed by atoms with Gasteiger partial charge in [-0.2, -0.15) is 0 Å². The zero-order chi connectivity index (χ0) is 11.3. The van der Waals surface area contributed by atoms with Crippen LogP contribution >= 0.6 is 0 Å². The SMILES string of the molecule is CCCN(CCO)CC1(CC(=N)N)CC1. The van der Waals surface area contributed by atoms with Crippen LogP contribution < -0.4 is 5.73 Å². The maximum Gasteiger partial charge on any atom is 0.0911 e. The molecule has 1 fully saturated rings. The molecular weight excluding hydrogens is 190 g/mol. The van der Waals surface area contributed by atoms with Crippen LogP contribution in [-0.4, -0.2) is 42.1 Å². The molecule has 0 radical (unpaired) electrons. The first-order valence-corrected chi connectivity index (χ1v) is 5.78. The summed E-state index contributed by atoms with van der Waals surface area (Å²) in [6.07, 6.45) is 4.19. The average molecular weight is 213 g/mol. The molecule has 1 saturated carbocycles. The molecular formula is C11H23N3O. The minimum Gasteiger partial charge on any atom is -0.395 e. The zero-order valence-electron chi connectivity index (χ0n) is 9.63. The van der Waals surface area contributed by atoms with Crippen LogP contribution in [0.4, 0.5) is 0 Å². The van der Waals surface area contributed by atoms with E-state index >= 15 is 0 Å². The minimum atomic E-state index is 0.218. The van der Waals surface area contributed by atoms with Gasteiger partial charge in [-0.25, -0.2) is 0 Å². The molecule has 0 aromatic carbocycles. The summed E-state index contributed by atoms with van der Waals surface area (Å²) in [5, 5.41) is 16.3. The van der Waals surface area contributed by atoms with Crippen LogP contribution in [0.3, 0.4) is 0 Å². The van der Waals surface area contributed by atoms with Crippen LogP contribution in [0.1, 0.15) is 32.6 Å². The highest BCUT2D eigenvalue weighted by Crippen LogP contribution is 2.49. The third kappa shape index (κ3) is 4.18. The summed E-state index contributed by atoms with van der Waals surface area (Å²) in [6, 6.07) is 0. The van der Waals surface area contributed by atoms with Crippen molar-refractivity contribution in [3.63, 3.8) is 0 Å². The Morgan fingerprint density at radius 1 is 1.47 bits per heavy atom. The number of hydrogen-bond donors (Lipinski definition) is 3. The van der Waals surface area contributed by atoms with Gasteiger partial charge in [0.05, 0.1) is 12.4 Å². The molecule has 0 amide bonds. The molecule has 1 aliphatic rings. The van der Waals surface area contributed by atoms with Gasteiger partial charge in [-0.05, 0) is 31.2 Å². The smallest absolute Gasteiger partial charge is 0.0911 e. The molecule has 1 rings (SSSR count). The Labute approximate surface area is 92.0 Å². The van der Waals surface area contributed by atoms with Gasteiger partial charge in [0.1, 0.15) is 0 Å². The van der Waals surface area contributed by atoms with Crippen LogP contribution in [0.2, 0.25) is 0 Å². The summed E-state index contributed by atoms with van der Waals surface area (Å²) in [5.74, 6) is 0.299. The van der Waals surface area contributed by atoms with E-state index in [0.717, 1.165) is 32.5 Å². The Hall–Kier alpha value is -0.610. The van der Waals surface area contributed by atoms with E-state index in [9.17, 15) is 0 Å². The highest BCUT2D eigenvalue weighted by atomic mass is 16.3. The van der Waals surface area contributed by atoms with Crippen molar-refractivity contribution in [2.24, 2.45) is 11.1 Å². The predicted octanol–water partition coefficient (Wildman–Crippen LogP) is 0.797. The first-order chi connectivity index (χ1) is 7.12. The van der Waals surface area contributed by atoms with Gasteiger partial charge in [0.2, 0.25) is 0 Å². The van der Waals surface area contributed by atoms with Gasteiger partial charge in [-0.1, -0.05) is 6.92 Å². The van der Waals surface area contributed by atoms with E-state index in [0.29, 0.717) is 5.84 Å². The van der Waals surface area contributed by atoms with E-state index in [1.165, 1.54) is 12.8 Å². The Bertz CT molecular complexity index is 208. The molecule has 4 N–H and O–H groups in total. The third-order valence-electron chi connectivity index (χ3n) is 3.04. The molecule has 0 saturated heterocycles. The largest absolute Gasteiger partial charge is 0.395 e. The van der Waals surface area contributed by atoms with E-state index in [1.807, 2.05) is 0 Å². The van der Waals surface area contributed by atoms with Crippen LogP contribution in [0.25, 0.3) is 0 Å². The number of nitrogens with two attached hydrogens (primary N) is 1. The highest BCUT2D eigenvalue weighted by Gasteiger charge is 2.43. The van der Waals surface area contributed by atoms with Crippen LogP contribution in [0, 0.1) is 10.8 Å². The molecule has 0 aromatic rings. The minimum absolute atomic E-state index is 0.218. The lowest BCUT2D eigenvalue weighted by Crippen LogP contribution is -2.35. The monoisotopic (exact) mass is 213 g/mol. The van der Waals surface area contributed by atoms with E-state index in [2.05, 4.69) is 11.8 Å². The Morgan fingerprint density at radius 3 is 2.53 bits per heavy atom. The number of hydrogen-bond acceptors (Lipinski definition) is 3. The number of nitrogens with zero attached hydrogens (tertiary/aromatic N) is 1. The Kier molecular flexibility index (Phi) is 4.54. The quantitative estimate of drug-likeness (QED) is 0.412. The van der Waals surface area contributed by atoms with Crippen LogP contribution in [0.15, 0.2) is 0 Å². The fourth-order valence-electron chi connectivity index (χ4n) is 2.17. The highest BCUT2D eigenvalue weighted by molar-refractivity contribution is 5.78. The summed E-state index contributed by atoms with van der Waals surface area (Å²) in [4.78, 5) is 2.29. The first kappa shape index (κ1) is 12.5. The maximum absolute atomic E-state index is 8.95. The maximum atomic E-state index is 8.95. The summed E-state index contributed by atoms with van der Waals surface area (Å²) < 4.78 is 0. The molecule has 0 atom stereocenters. The van der Waals surface area contributed by atoms with Crippen molar-refractivity contribution in [1.82, 2.24) is 4.90 Å². The fourth-order valence-corrected chi connectivity index (χ4v) is 2.17. The molecule has 4 nitrogen and oxygen atoms in total. The second-order valence-corrected chi connectivity index (χ2v) is 4.70. The van der Waals surface area contributed by atoms with Gasteiger partial charge < -0.3 is 15.7 Å². The molecule has 15 heavy (non-hydrogen) atoms. The van der Waals surface area contributed by atoms with E-state index in [4.69, 9.17) is 16.2 Å². The van der Waals surface area contributed by atoms with E-state index in [1.54, 1.807) is 0 Å². The van der Waals surface area contributed by atoms with Crippen LogP contribution in [0.5, 0.6) is 0 Å². The summed E-state index contributed by atoms with van der Waals surface area (Å²) in [5.41, 5.74) is 5.72. The summed E-state index contributed by atoms with van der Waals surface area (Å²) in [6.45, 7) is 5.12. The van der Waals surface area contributed by atoms with Crippen molar-refractivity contribution < 1.29 is 5.11 Å². The van der Waals surface area contributed by atoms with Gasteiger partial charge in [-0.15, -0.1) is 0 Å². The van der Waals surface area contributed by atoms with E-state index < -0.39 is 0 Å². The Balaban J connectivity index is 2.39. The molecule has 0 aliphatic heterocycles. The topological polar surface area (TPSA) is 73.3 Å². The molecule has 1 aliphatic carbocycles. The lowest BCUT2D eigenvalue weighted by atomic mass is 10.0. The summed E-state index contributed by atoms with van der Waals surface area (Å²) >= 11 is 0. The lowest BCUT2D eigenvalue weighted by molar-refractivity contribution is 0.170. The molecule has 0 spiro atoms. The lowest BCUT2D eigenvalue weighted by Gasteiger charge is -2.26. The first-order valence-electron chi connectivity index (χ1n) is 5.78. The van der Waals surface area contributed by atoms with Crippen LogP contribution in [-0.2, 0) is 0 Å². The number of rotatable bonds is 8. The second kappa shape index (κ2) is 5.47. The van der Waals surface area contributed by atoms with E-state index in [-0.39, 0.29) is 12.0 Å². The molecule has 0 aromatic heterocycles. The zero-order valence-corrected chi connectivity index (χ0v) is 9.63. The molecule has 0 heterocycles. The molecule has 0 unspecified atom stereocenters. The van der Waals surface area contributed by atoms with Gasteiger partial charge in [0, 0.05) is 19.5 Å². The van der Waals surface area contributed by atoms with Gasteiger partial charge in [0.15, 0.2) is 0 Å². The second-order valence-electron chi connectivity index (χ2n) is 4.70. The van der Waals surface area contributed by atoms with Gasteiger partial charge in [0.25, 0.3) is 0 Å². The number of amidine groups is 1. The van der Waals surface area contributed by atoms with Crippen molar-refractivity contribution in [2.75, 3.05) is 26.2 Å². The Morgan fingerprint density at radius 2 is 2.13 bits per heavy atom. The van der Waals surface area contributed by atoms with Crippen molar-refractivity contribution in [2.45, 2.75) is 32.6 Å². The van der Waals surface area contributed by atoms with Crippen molar-refractivity contribution in [3.05, 3.63) is 0 Å². The number of aliphatic hydroxyl groups is 1. The van der Waals surface area contributed by atoms with Gasteiger partial charge in [-0.3, -0.25) is 5.41 Å². The number of nitrogens with one attached hydrogen (secondary N) is 1. The number of aliphatic hydroxyl groups excluding tert-OH is 1. The normalized spacial score (nSPS) is 18.1. The summed E-state index contributed by atoms with van der Waals surface area (Å²) in [7, 11) is 0. The standard InChI is InChI=1S/C11H23N3O/c1-2-5-14(6-7-15)9-11(3-4-11)8-10(12)13/h15H,2-9H2,1H3,(H3,12,13). The molecule has 0 bridgehead atoms. The third-order valence-corrected chi connectivity index (χ3v) is 3.04. The predicted molar refractivity (Wildman–Crippen MR) is 62.0 cm³/mol. The molecule has 4 heteroatoms. The van der Waals surface area contributed by atoms with Gasteiger partial charge >= 0.3 is 0 Å². The fraction of sp³-hybridized carbons (Fsp3) is 0.909.